The second kappa shape index (κ2) is 7.05. The van der Waals surface area contributed by atoms with Gasteiger partial charge in [-0.15, -0.1) is 0 Å². The first-order valence-corrected chi connectivity index (χ1v) is 8.80. The zero-order chi connectivity index (χ0) is 17.1. The molecule has 0 radical (unpaired) electrons. The van der Waals surface area contributed by atoms with Crippen LogP contribution in [0.3, 0.4) is 0 Å². The monoisotopic (exact) mass is 334 g/mol. The summed E-state index contributed by atoms with van der Waals surface area (Å²) in [4.78, 5) is 15.4. The Bertz CT molecular complexity index is 844. The van der Waals surface area contributed by atoms with E-state index in [9.17, 15) is 0 Å². The van der Waals surface area contributed by atoms with E-state index in [1.807, 2.05) is 19.2 Å². The Labute approximate surface area is 147 Å². The SMILES string of the molecule is Cc1cnc(OCC2CCCN(c3ccnc4ccccc34)C2)nc1. The summed E-state index contributed by atoms with van der Waals surface area (Å²) in [6, 6.07) is 10.9. The zero-order valence-corrected chi connectivity index (χ0v) is 14.4. The molecule has 1 saturated heterocycles. The van der Waals surface area contributed by atoms with Crippen molar-refractivity contribution in [3.8, 4) is 6.01 Å². The van der Waals surface area contributed by atoms with E-state index in [2.05, 4.69) is 44.1 Å². The third-order valence-electron chi connectivity index (χ3n) is 4.69. The number of anilines is 1. The summed E-state index contributed by atoms with van der Waals surface area (Å²) in [5, 5.41) is 1.22. The Kier molecular flexibility index (Phi) is 4.46. The molecule has 1 fully saturated rings. The van der Waals surface area contributed by atoms with Crippen molar-refractivity contribution in [1.29, 1.82) is 0 Å². The lowest BCUT2D eigenvalue weighted by atomic mass is 9.98. The fraction of sp³-hybridized carbons (Fsp3) is 0.350. The predicted molar refractivity (Wildman–Crippen MR) is 98.9 cm³/mol. The van der Waals surface area contributed by atoms with Crippen molar-refractivity contribution in [2.24, 2.45) is 5.92 Å². The summed E-state index contributed by atoms with van der Waals surface area (Å²) in [5.74, 6) is 0.477. The van der Waals surface area contributed by atoms with E-state index in [-0.39, 0.29) is 0 Å². The first-order chi connectivity index (χ1) is 12.3. The average molecular weight is 334 g/mol. The highest BCUT2D eigenvalue weighted by molar-refractivity contribution is 5.91. The van der Waals surface area contributed by atoms with Crippen LogP contribution in [0.2, 0.25) is 0 Å². The van der Waals surface area contributed by atoms with E-state index < -0.39 is 0 Å². The topological polar surface area (TPSA) is 51.1 Å². The second-order valence-corrected chi connectivity index (χ2v) is 6.66. The van der Waals surface area contributed by atoms with Gasteiger partial charge in [0.15, 0.2) is 0 Å². The van der Waals surface area contributed by atoms with Crippen molar-refractivity contribution >= 4 is 16.6 Å². The number of benzene rings is 1. The molecule has 1 aromatic carbocycles. The molecule has 0 bridgehead atoms. The van der Waals surface area contributed by atoms with Crippen LogP contribution in [0, 0.1) is 12.8 Å². The Balaban J connectivity index is 1.46. The number of ether oxygens (including phenoxy) is 1. The summed E-state index contributed by atoms with van der Waals surface area (Å²) in [6.45, 7) is 4.69. The summed E-state index contributed by atoms with van der Waals surface area (Å²) < 4.78 is 5.81. The maximum Gasteiger partial charge on any atom is 0.316 e. The molecule has 0 N–H and O–H groups in total. The number of nitrogens with zero attached hydrogens (tertiary/aromatic N) is 4. The molecular weight excluding hydrogens is 312 g/mol. The fourth-order valence-corrected chi connectivity index (χ4v) is 3.42. The van der Waals surface area contributed by atoms with Crippen LogP contribution in [0.5, 0.6) is 6.01 Å². The number of rotatable bonds is 4. The van der Waals surface area contributed by atoms with Gasteiger partial charge in [-0.05, 0) is 37.5 Å². The molecular formula is C20H22N4O. The molecule has 2 aromatic heterocycles. The molecule has 3 aromatic rings. The van der Waals surface area contributed by atoms with Gasteiger partial charge in [0.2, 0.25) is 0 Å². The van der Waals surface area contributed by atoms with Crippen molar-refractivity contribution in [3.63, 3.8) is 0 Å². The van der Waals surface area contributed by atoms with E-state index >= 15 is 0 Å². The molecule has 1 atom stereocenters. The molecule has 5 nitrogen and oxygen atoms in total. The highest BCUT2D eigenvalue weighted by Crippen LogP contribution is 2.29. The third kappa shape index (κ3) is 3.55. The van der Waals surface area contributed by atoms with Gasteiger partial charge in [-0.1, -0.05) is 18.2 Å². The zero-order valence-electron chi connectivity index (χ0n) is 14.4. The first-order valence-electron chi connectivity index (χ1n) is 8.80. The highest BCUT2D eigenvalue weighted by atomic mass is 16.5. The van der Waals surface area contributed by atoms with Crippen LogP contribution in [0.15, 0.2) is 48.9 Å². The number of aromatic nitrogens is 3. The lowest BCUT2D eigenvalue weighted by Gasteiger charge is -2.34. The minimum absolute atomic E-state index is 0.470. The predicted octanol–water partition coefficient (Wildman–Crippen LogP) is 3.63. The molecule has 0 aliphatic carbocycles. The number of aryl methyl sites for hydroxylation is 1. The molecule has 1 aliphatic heterocycles. The van der Waals surface area contributed by atoms with Gasteiger partial charge in [0.1, 0.15) is 0 Å². The molecule has 4 rings (SSSR count). The summed E-state index contributed by atoms with van der Waals surface area (Å²) in [7, 11) is 0. The number of hydrogen-bond donors (Lipinski definition) is 0. The smallest absolute Gasteiger partial charge is 0.316 e. The lowest BCUT2D eigenvalue weighted by molar-refractivity contribution is 0.214. The normalized spacial score (nSPS) is 17.6. The summed E-state index contributed by atoms with van der Waals surface area (Å²) in [5.41, 5.74) is 3.36. The van der Waals surface area contributed by atoms with Crippen molar-refractivity contribution < 1.29 is 4.74 Å². The van der Waals surface area contributed by atoms with Crippen molar-refractivity contribution in [1.82, 2.24) is 15.0 Å². The minimum Gasteiger partial charge on any atom is -0.463 e. The van der Waals surface area contributed by atoms with Gasteiger partial charge < -0.3 is 9.64 Å². The quantitative estimate of drug-likeness (QED) is 0.729. The third-order valence-corrected chi connectivity index (χ3v) is 4.69. The molecule has 0 spiro atoms. The van der Waals surface area contributed by atoms with Crippen molar-refractivity contribution in [3.05, 3.63) is 54.5 Å². The van der Waals surface area contributed by atoms with Crippen LogP contribution < -0.4 is 9.64 Å². The summed E-state index contributed by atoms with van der Waals surface area (Å²) in [6.07, 6.45) is 7.82. The Hall–Kier alpha value is -2.69. The number of pyridine rings is 1. The van der Waals surface area contributed by atoms with Crippen LogP contribution >= 0.6 is 0 Å². The molecule has 0 saturated carbocycles. The maximum absolute atomic E-state index is 5.81. The molecule has 1 unspecified atom stereocenters. The largest absolute Gasteiger partial charge is 0.463 e. The highest BCUT2D eigenvalue weighted by Gasteiger charge is 2.22. The van der Waals surface area contributed by atoms with E-state index in [0.29, 0.717) is 18.5 Å². The lowest BCUT2D eigenvalue weighted by Crippen LogP contribution is -2.38. The number of hydrogen-bond acceptors (Lipinski definition) is 5. The van der Waals surface area contributed by atoms with E-state index in [0.717, 1.165) is 24.2 Å². The molecule has 25 heavy (non-hydrogen) atoms. The van der Waals surface area contributed by atoms with Gasteiger partial charge in [0.25, 0.3) is 0 Å². The standard InChI is InChI=1S/C20H22N4O/c1-15-11-22-20(23-12-15)25-14-16-5-4-10-24(13-16)19-8-9-21-18-7-3-2-6-17(18)19/h2-3,6-9,11-12,16H,4-5,10,13-14H2,1H3. The van der Waals surface area contributed by atoms with Crippen LogP contribution in [0.4, 0.5) is 5.69 Å². The maximum atomic E-state index is 5.81. The van der Waals surface area contributed by atoms with Gasteiger partial charge in [-0.2, -0.15) is 0 Å². The molecule has 3 heterocycles. The van der Waals surface area contributed by atoms with Gasteiger partial charge in [0, 0.05) is 48.7 Å². The van der Waals surface area contributed by atoms with Gasteiger partial charge in [-0.3, -0.25) is 4.98 Å². The van der Waals surface area contributed by atoms with Crippen molar-refractivity contribution in [2.75, 3.05) is 24.6 Å². The first kappa shape index (κ1) is 15.8. The molecule has 0 amide bonds. The Morgan fingerprint density at radius 3 is 2.84 bits per heavy atom. The molecule has 5 heteroatoms. The average Bonchev–Trinajstić information content (AvgIpc) is 2.67. The van der Waals surface area contributed by atoms with E-state index in [4.69, 9.17) is 4.74 Å². The van der Waals surface area contributed by atoms with Gasteiger partial charge in [0.05, 0.1) is 12.1 Å². The number of para-hydroxylation sites is 1. The van der Waals surface area contributed by atoms with Crippen LogP contribution in [0.25, 0.3) is 10.9 Å². The second-order valence-electron chi connectivity index (χ2n) is 6.66. The Morgan fingerprint density at radius 1 is 1.12 bits per heavy atom. The van der Waals surface area contributed by atoms with Gasteiger partial charge in [-0.25, -0.2) is 9.97 Å². The van der Waals surface area contributed by atoms with Crippen LogP contribution in [-0.2, 0) is 0 Å². The van der Waals surface area contributed by atoms with E-state index in [1.54, 1.807) is 12.4 Å². The minimum atomic E-state index is 0.470. The molecule has 1 aliphatic rings. The van der Waals surface area contributed by atoms with Crippen LogP contribution in [-0.4, -0.2) is 34.6 Å². The Morgan fingerprint density at radius 2 is 1.96 bits per heavy atom. The molecule has 128 valence electrons. The van der Waals surface area contributed by atoms with E-state index in [1.165, 1.54) is 23.9 Å². The number of fused-ring (bicyclic) bond motifs is 1. The van der Waals surface area contributed by atoms with Crippen LogP contribution in [0.1, 0.15) is 18.4 Å². The number of piperidine rings is 1. The summed E-state index contributed by atoms with van der Waals surface area (Å²) >= 11 is 0. The van der Waals surface area contributed by atoms with Crippen molar-refractivity contribution in [2.45, 2.75) is 19.8 Å². The van der Waals surface area contributed by atoms with Gasteiger partial charge >= 0.3 is 6.01 Å². The fourth-order valence-electron chi connectivity index (χ4n) is 3.42.